The molecule has 7 heteroatoms. The minimum Gasteiger partial charge on any atom is -0.448 e. The van der Waals surface area contributed by atoms with Crippen LogP contribution in [0.1, 0.15) is 23.5 Å². The number of amides is 1. The van der Waals surface area contributed by atoms with E-state index in [1.165, 1.54) is 4.90 Å². The Kier molecular flexibility index (Phi) is 4.79. The van der Waals surface area contributed by atoms with Gasteiger partial charge in [0.2, 0.25) is 0 Å². The molecule has 1 fully saturated rings. The number of ether oxygens (including phenoxy) is 1. The summed E-state index contributed by atoms with van der Waals surface area (Å²) in [6.07, 6.45) is -7.63. The van der Waals surface area contributed by atoms with Gasteiger partial charge in [-0.2, -0.15) is 13.2 Å². The molecule has 0 spiro atoms. The van der Waals surface area contributed by atoms with E-state index in [4.69, 9.17) is 4.74 Å². The Hall–Kier alpha value is -2.54. The first-order valence-electron chi connectivity index (χ1n) is 9.21. The predicted octanol–water partition coefficient (Wildman–Crippen LogP) is 4.18. The van der Waals surface area contributed by atoms with Crippen molar-refractivity contribution in [3.8, 4) is 11.1 Å². The van der Waals surface area contributed by atoms with Crippen molar-refractivity contribution in [3.63, 3.8) is 0 Å². The molecule has 0 bridgehead atoms. The number of fused-ring (bicyclic) bond motifs is 3. The number of aliphatic hydroxyl groups is 1. The van der Waals surface area contributed by atoms with Crippen molar-refractivity contribution in [1.29, 1.82) is 0 Å². The van der Waals surface area contributed by atoms with Crippen molar-refractivity contribution in [3.05, 3.63) is 59.7 Å². The van der Waals surface area contributed by atoms with E-state index < -0.39 is 24.3 Å². The second-order valence-corrected chi connectivity index (χ2v) is 7.29. The highest BCUT2D eigenvalue weighted by atomic mass is 19.4. The van der Waals surface area contributed by atoms with E-state index >= 15 is 0 Å². The molecule has 1 amide bonds. The van der Waals surface area contributed by atoms with Gasteiger partial charge in [0.25, 0.3) is 0 Å². The molecule has 28 heavy (non-hydrogen) atoms. The van der Waals surface area contributed by atoms with Crippen LogP contribution in [-0.4, -0.2) is 48.1 Å². The highest BCUT2D eigenvalue weighted by molar-refractivity contribution is 5.79. The van der Waals surface area contributed by atoms with Crippen LogP contribution in [-0.2, 0) is 4.74 Å². The smallest absolute Gasteiger partial charge is 0.414 e. The third-order valence-electron chi connectivity index (χ3n) is 5.60. The first kappa shape index (κ1) is 18.8. The van der Waals surface area contributed by atoms with Crippen LogP contribution in [0, 0.1) is 5.92 Å². The molecule has 4 nitrogen and oxygen atoms in total. The molecule has 0 saturated carbocycles. The fraction of sp³-hybridized carbons (Fsp3) is 0.381. The molecule has 2 aliphatic rings. The Morgan fingerprint density at radius 1 is 1.11 bits per heavy atom. The normalized spacial score (nSPS) is 20.0. The summed E-state index contributed by atoms with van der Waals surface area (Å²) in [5.41, 5.74) is 4.36. The number of hydrogen-bond donors (Lipinski definition) is 1. The van der Waals surface area contributed by atoms with Crippen LogP contribution in [0.5, 0.6) is 0 Å². The van der Waals surface area contributed by atoms with Gasteiger partial charge in [-0.15, -0.1) is 0 Å². The summed E-state index contributed by atoms with van der Waals surface area (Å²) in [4.78, 5) is 13.6. The average Bonchev–Trinajstić information content (AvgIpc) is 3.28. The third-order valence-corrected chi connectivity index (χ3v) is 5.60. The molecule has 2 atom stereocenters. The average molecular weight is 391 g/mol. The minimum atomic E-state index is -4.68. The Morgan fingerprint density at radius 2 is 1.68 bits per heavy atom. The Morgan fingerprint density at radius 3 is 2.25 bits per heavy atom. The summed E-state index contributed by atoms with van der Waals surface area (Å²) in [5, 5.41) is 9.40. The number of carbonyl (C=O) groups is 1. The number of benzene rings is 2. The molecular formula is C21H20F3NO3. The van der Waals surface area contributed by atoms with Gasteiger partial charge in [-0.3, -0.25) is 0 Å². The number of hydrogen-bond acceptors (Lipinski definition) is 3. The largest absolute Gasteiger partial charge is 0.448 e. The lowest BCUT2D eigenvalue weighted by molar-refractivity contribution is -0.217. The lowest BCUT2D eigenvalue weighted by Gasteiger charge is -2.22. The summed E-state index contributed by atoms with van der Waals surface area (Å²) in [6, 6.07) is 15.8. The van der Waals surface area contributed by atoms with Gasteiger partial charge in [0.1, 0.15) is 6.61 Å². The quantitative estimate of drug-likeness (QED) is 0.854. The van der Waals surface area contributed by atoms with Crippen molar-refractivity contribution >= 4 is 6.09 Å². The van der Waals surface area contributed by atoms with Crippen molar-refractivity contribution in [2.75, 3.05) is 19.7 Å². The summed E-state index contributed by atoms with van der Waals surface area (Å²) in [5.74, 6) is -1.11. The van der Waals surface area contributed by atoms with Crippen molar-refractivity contribution in [2.24, 2.45) is 5.92 Å². The number of likely N-dealkylation sites (tertiary alicyclic amines) is 1. The van der Waals surface area contributed by atoms with Gasteiger partial charge >= 0.3 is 12.3 Å². The topological polar surface area (TPSA) is 49.8 Å². The summed E-state index contributed by atoms with van der Waals surface area (Å²) in [7, 11) is 0. The number of carbonyl (C=O) groups excluding carboxylic acids is 1. The number of rotatable bonds is 3. The number of halogens is 3. The number of alkyl halides is 3. The summed E-state index contributed by atoms with van der Waals surface area (Å²) >= 11 is 0. The van der Waals surface area contributed by atoms with E-state index in [-0.39, 0.29) is 32.0 Å². The van der Waals surface area contributed by atoms with Crippen LogP contribution in [0.4, 0.5) is 18.0 Å². The van der Waals surface area contributed by atoms with Gasteiger partial charge in [0, 0.05) is 24.9 Å². The molecule has 0 radical (unpaired) electrons. The lowest BCUT2D eigenvalue weighted by Crippen LogP contribution is -2.38. The second kappa shape index (κ2) is 7.13. The van der Waals surface area contributed by atoms with Crippen molar-refractivity contribution in [1.82, 2.24) is 4.90 Å². The van der Waals surface area contributed by atoms with Gasteiger partial charge in [0.05, 0.1) is 0 Å². The maximum absolute atomic E-state index is 12.7. The van der Waals surface area contributed by atoms with Crippen LogP contribution < -0.4 is 0 Å². The second-order valence-electron chi connectivity index (χ2n) is 7.29. The molecule has 1 aliphatic heterocycles. The Balaban J connectivity index is 1.42. The first-order chi connectivity index (χ1) is 13.4. The zero-order chi connectivity index (χ0) is 19.9. The van der Waals surface area contributed by atoms with Gasteiger partial charge in [-0.1, -0.05) is 48.5 Å². The lowest BCUT2D eigenvalue weighted by atomic mass is 9.98. The fourth-order valence-corrected chi connectivity index (χ4v) is 4.16. The molecule has 2 aromatic rings. The number of nitrogens with zero attached hydrogens (tertiary/aromatic N) is 1. The van der Waals surface area contributed by atoms with Gasteiger partial charge in [0.15, 0.2) is 6.10 Å². The molecule has 1 N–H and O–H groups in total. The van der Waals surface area contributed by atoms with Crippen molar-refractivity contribution in [2.45, 2.75) is 24.6 Å². The maximum atomic E-state index is 12.7. The predicted molar refractivity (Wildman–Crippen MR) is 96.8 cm³/mol. The van der Waals surface area contributed by atoms with Crippen LogP contribution in [0.3, 0.4) is 0 Å². The molecule has 148 valence electrons. The first-order valence-corrected chi connectivity index (χ1v) is 9.21. The SMILES string of the molecule is O=C(OCC1c2ccccc2-c2ccccc21)N1CCC(C(O)C(F)(F)F)C1. The van der Waals surface area contributed by atoms with Crippen LogP contribution in [0.25, 0.3) is 11.1 Å². The molecule has 1 saturated heterocycles. The standard InChI is InChI=1S/C21H20F3NO3/c22-21(23,24)19(26)13-9-10-25(11-13)20(27)28-12-18-16-7-3-1-5-14(16)15-6-2-4-8-17(15)18/h1-8,13,18-19,26H,9-12H2. The molecule has 4 rings (SSSR count). The summed E-state index contributed by atoms with van der Waals surface area (Å²) in [6.45, 7) is 0.113. The zero-order valence-corrected chi connectivity index (χ0v) is 15.0. The zero-order valence-electron chi connectivity index (χ0n) is 15.0. The van der Waals surface area contributed by atoms with Gasteiger partial charge < -0.3 is 14.7 Å². The van der Waals surface area contributed by atoms with E-state index in [1.54, 1.807) is 0 Å². The van der Waals surface area contributed by atoms with E-state index in [1.807, 2.05) is 48.5 Å². The highest BCUT2D eigenvalue weighted by Crippen LogP contribution is 2.44. The third kappa shape index (κ3) is 3.35. The molecule has 2 aromatic carbocycles. The monoisotopic (exact) mass is 391 g/mol. The molecule has 1 aliphatic carbocycles. The van der Waals surface area contributed by atoms with E-state index in [0.29, 0.717) is 0 Å². The maximum Gasteiger partial charge on any atom is 0.414 e. The van der Waals surface area contributed by atoms with Crippen LogP contribution in [0.15, 0.2) is 48.5 Å². The highest BCUT2D eigenvalue weighted by Gasteiger charge is 2.46. The van der Waals surface area contributed by atoms with E-state index in [0.717, 1.165) is 22.3 Å². The minimum absolute atomic E-state index is 0.101. The van der Waals surface area contributed by atoms with Crippen LogP contribution >= 0.6 is 0 Å². The molecule has 0 aromatic heterocycles. The summed E-state index contributed by atoms with van der Waals surface area (Å²) < 4.78 is 43.5. The Labute approximate surface area is 160 Å². The van der Waals surface area contributed by atoms with Crippen LogP contribution in [0.2, 0.25) is 0 Å². The van der Waals surface area contributed by atoms with Gasteiger partial charge in [-0.25, -0.2) is 4.79 Å². The van der Waals surface area contributed by atoms with Gasteiger partial charge in [-0.05, 0) is 28.7 Å². The fourth-order valence-electron chi connectivity index (χ4n) is 4.16. The number of aliphatic hydroxyl groups excluding tert-OH is 1. The Bertz CT molecular complexity index is 838. The van der Waals surface area contributed by atoms with Crippen molar-refractivity contribution < 1.29 is 27.8 Å². The molecule has 2 unspecified atom stereocenters. The van der Waals surface area contributed by atoms with E-state index in [2.05, 4.69) is 0 Å². The molecular weight excluding hydrogens is 371 g/mol. The van der Waals surface area contributed by atoms with E-state index in [9.17, 15) is 23.1 Å². The molecule has 1 heterocycles.